The van der Waals surface area contributed by atoms with Crippen molar-refractivity contribution < 1.29 is 13.2 Å². The molecule has 1 saturated heterocycles. The van der Waals surface area contributed by atoms with Crippen LogP contribution in [-0.2, 0) is 6.18 Å². The topological polar surface area (TPSA) is 12.0 Å². The van der Waals surface area contributed by atoms with Gasteiger partial charge in [-0.25, -0.2) is 0 Å². The third-order valence-corrected chi connectivity index (χ3v) is 3.55. The Hall–Kier alpha value is -1.03. The van der Waals surface area contributed by atoms with Gasteiger partial charge >= 0.3 is 6.18 Å². The average molecular weight is 227 g/mol. The zero-order valence-corrected chi connectivity index (χ0v) is 8.64. The fourth-order valence-corrected chi connectivity index (χ4v) is 2.80. The first-order valence-electron chi connectivity index (χ1n) is 5.53. The molecule has 0 aliphatic carbocycles. The highest BCUT2D eigenvalue weighted by atomic mass is 19.4. The number of benzene rings is 1. The Morgan fingerprint density at radius 2 is 1.75 bits per heavy atom. The Balaban J connectivity index is 2.07. The van der Waals surface area contributed by atoms with Crippen LogP contribution in [0.3, 0.4) is 0 Å². The number of rotatable bonds is 0. The van der Waals surface area contributed by atoms with Crippen LogP contribution < -0.4 is 5.32 Å². The van der Waals surface area contributed by atoms with Gasteiger partial charge in [0, 0.05) is 12.1 Å². The van der Waals surface area contributed by atoms with Gasteiger partial charge in [-0.15, -0.1) is 0 Å². The first-order chi connectivity index (χ1) is 7.55. The normalized spacial score (nSPS) is 27.9. The van der Waals surface area contributed by atoms with E-state index in [1.165, 1.54) is 12.1 Å². The summed E-state index contributed by atoms with van der Waals surface area (Å²) >= 11 is 0. The lowest BCUT2D eigenvalue weighted by atomic mass is 10.00. The highest BCUT2D eigenvalue weighted by Crippen LogP contribution is 2.44. The van der Waals surface area contributed by atoms with Crippen molar-refractivity contribution in [3.63, 3.8) is 0 Å². The Bertz CT molecular complexity index is 425. The third-order valence-electron chi connectivity index (χ3n) is 3.55. The van der Waals surface area contributed by atoms with Gasteiger partial charge in [-0.2, -0.15) is 13.2 Å². The van der Waals surface area contributed by atoms with E-state index in [-0.39, 0.29) is 12.1 Å². The maximum absolute atomic E-state index is 12.6. The van der Waals surface area contributed by atoms with Gasteiger partial charge in [0.25, 0.3) is 0 Å². The molecule has 2 unspecified atom stereocenters. The summed E-state index contributed by atoms with van der Waals surface area (Å²) < 4.78 is 37.7. The van der Waals surface area contributed by atoms with E-state index in [9.17, 15) is 13.2 Å². The molecule has 2 bridgehead atoms. The van der Waals surface area contributed by atoms with Crippen molar-refractivity contribution in [3.05, 3.63) is 34.9 Å². The van der Waals surface area contributed by atoms with Crippen LogP contribution in [0.2, 0.25) is 0 Å². The smallest absolute Gasteiger partial charge is 0.303 e. The van der Waals surface area contributed by atoms with Crippen molar-refractivity contribution in [3.8, 4) is 0 Å². The number of fused-ring (bicyclic) bond motifs is 5. The molecule has 3 rings (SSSR count). The number of hydrogen-bond acceptors (Lipinski definition) is 1. The summed E-state index contributed by atoms with van der Waals surface area (Å²) in [4.78, 5) is 0. The van der Waals surface area contributed by atoms with E-state index in [1.807, 2.05) is 0 Å². The molecular weight excluding hydrogens is 215 g/mol. The minimum Gasteiger partial charge on any atom is -0.303 e. The van der Waals surface area contributed by atoms with Crippen molar-refractivity contribution in [2.75, 3.05) is 0 Å². The number of halogens is 3. The van der Waals surface area contributed by atoms with Gasteiger partial charge in [0.2, 0.25) is 0 Å². The van der Waals surface area contributed by atoms with Crippen LogP contribution in [0.4, 0.5) is 13.2 Å². The van der Waals surface area contributed by atoms with E-state index in [1.54, 1.807) is 6.07 Å². The van der Waals surface area contributed by atoms with E-state index >= 15 is 0 Å². The van der Waals surface area contributed by atoms with Gasteiger partial charge in [-0.05, 0) is 42.5 Å². The van der Waals surface area contributed by atoms with Crippen LogP contribution >= 0.6 is 0 Å². The fourth-order valence-electron chi connectivity index (χ4n) is 2.80. The first-order valence-corrected chi connectivity index (χ1v) is 5.53. The molecule has 1 nitrogen and oxygen atoms in total. The van der Waals surface area contributed by atoms with Crippen molar-refractivity contribution in [1.29, 1.82) is 0 Å². The quantitative estimate of drug-likeness (QED) is 0.714. The van der Waals surface area contributed by atoms with Crippen molar-refractivity contribution in [1.82, 2.24) is 5.32 Å². The van der Waals surface area contributed by atoms with Crippen LogP contribution in [-0.4, -0.2) is 0 Å². The Labute approximate surface area is 91.7 Å². The molecule has 2 aliphatic heterocycles. The first kappa shape index (κ1) is 10.1. The zero-order chi connectivity index (χ0) is 11.3. The molecule has 2 aliphatic rings. The molecule has 0 saturated carbocycles. The van der Waals surface area contributed by atoms with Crippen LogP contribution in [0.25, 0.3) is 0 Å². The monoisotopic (exact) mass is 227 g/mol. The second-order valence-electron chi connectivity index (χ2n) is 4.54. The second-order valence-corrected chi connectivity index (χ2v) is 4.54. The molecule has 1 aromatic rings. The van der Waals surface area contributed by atoms with Crippen LogP contribution in [0, 0.1) is 0 Å². The van der Waals surface area contributed by atoms with Gasteiger partial charge in [0.15, 0.2) is 0 Å². The van der Waals surface area contributed by atoms with Gasteiger partial charge in [-0.1, -0.05) is 6.07 Å². The lowest BCUT2D eigenvalue weighted by Gasteiger charge is -2.20. The lowest BCUT2D eigenvalue weighted by molar-refractivity contribution is -0.137. The standard InChI is InChI=1S/C12H12F3N/c13-12(14,15)7-4-5-8-9(6-7)11-3-1-2-10(8)16-11/h4-6,10-11,16H,1-3H2. The van der Waals surface area contributed by atoms with Crippen molar-refractivity contribution in [2.45, 2.75) is 37.5 Å². The van der Waals surface area contributed by atoms with Crippen LogP contribution in [0.1, 0.15) is 48.0 Å². The molecule has 0 aromatic heterocycles. The maximum Gasteiger partial charge on any atom is 0.416 e. The maximum atomic E-state index is 12.6. The molecule has 1 fully saturated rings. The van der Waals surface area contributed by atoms with E-state index in [0.717, 1.165) is 30.4 Å². The Kier molecular flexibility index (Phi) is 2.05. The highest BCUT2D eigenvalue weighted by molar-refractivity contribution is 5.42. The molecule has 2 atom stereocenters. The SMILES string of the molecule is FC(F)(F)c1ccc2c(c1)C1CCCC2N1. The minimum absolute atomic E-state index is 0.135. The predicted octanol–water partition coefficient (Wildman–Crippen LogP) is 3.57. The van der Waals surface area contributed by atoms with Gasteiger partial charge < -0.3 is 5.32 Å². The summed E-state index contributed by atoms with van der Waals surface area (Å²) in [5.74, 6) is 0. The largest absolute Gasteiger partial charge is 0.416 e. The molecule has 0 radical (unpaired) electrons. The molecular formula is C12H12F3N. The van der Waals surface area contributed by atoms with Crippen molar-refractivity contribution in [2.24, 2.45) is 0 Å². The van der Waals surface area contributed by atoms with Gasteiger partial charge in [0.1, 0.15) is 0 Å². The predicted molar refractivity (Wildman–Crippen MR) is 53.9 cm³/mol. The summed E-state index contributed by atoms with van der Waals surface area (Å²) in [6.45, 7) is 0. The van der Waals surface area contributed by atoms with E-state index in [2.05, 4.69) is 5.32 Å². The Morgan fingerprint density at radius 3 is 2.44 bits per heavy atom. The number of nitrogens with one attached hydrogen (secondary N) is 1. The molecule has 2 heterocycles. The van der Waals surface area contributed by atoms with Gasteiger partial charge in [-0.3, -0.25) is 0 Å². The molecule has 0 amide bonds. The lowest BCUT2D eigenvalue weighted by Crippen LogP contribution is -2.22. The Morgan fingerprint density at radius 1 is 1.06 bits per heavy atom. The van der Waals surface area contributed by atoms with E-state index < -0.39 is 11.7 Å². The molecule has 1 N–H and O–H groups in total. The van der Waals surface area contributed by atoms with Crippen molar-refractivity contribution >= 4 is 0 Å². The van der Waals surface area contributed by atoms with E-state index in [4.69, 9.17) is 0 Å². The summed E-state index contributed by atoms with van der Waals surface area (Å²) in [6, 6.07) is 4.56. The molecule has 0 spiro atoms. The number of alkyl halides is 3. The van der Waals surface area contributed by atoms with Crippen LogP contribution in [0.5, 0.6) is 0 Å². The molecule has 1 aromatic carbocycles. The zero-order valence-electron chi connectivity index (χ0n) is 8.64. The fraction of sp³-hybridized carbons (Fsp3) is 0.500. The summed E-state index contributed by atoms with van der Waals surface area (Å²) in [5, 5.41) is 3.37. The van der Waals surface area contributed by atoms with Gasteiger partial charge in [0.05, 0.1) is 5.56 Å². The van der Waals surface area contributed by atoms with E-state index in [0.29, 0.717) is 0 Å². The van der Waals surface area contributed by atoms with Crippen LogP contribution in [0.15, 0.2) is 18.2 Å². The summed E-state index contributed by atoms with van der Waals surface area (Å²) in [5.41, 5.74) is 1.40. The third kappa shape index (κ3) is 1.44. The highest BCUT2D eigenvalue weighted by Gasteiger charge is 2.37. The molecule has 16 heavy (non-hydrogen) atoms. The summed E-state index contributed by atoms with van der Waals surface area (Å²) in [7, 11) is 0. The molecule has 4 heteroatoms. The summed E-state index contributed by atoms with van der Waals surface area (Å²) in [6.07, 6.45) is -1.15. The number of piperidine rings is 1. The average Bonchev–Trinajstić information content (AvgIpc) is 2.50. The number of hydrogen-bond donors (Lipinski definition) is 1. The second kappa shape index (κ2) is 3.23. The minimum atomic E-state index is -4.23. The molecule has 86 valence electrons.